The topological polar surface area (TPSA) is 95.0 Å². The molecular formula is C34H35N9. The molecule has 0 radical (unpaired) electrons. The zero-order valence-electron chi connectivity index (χ0n) is 24.1. The van der Waals surface area contributed by atoms with Gasteiger partial charge in [-0.3, -0.25) is 0 Å². The van der Waals surface area contributed by atoms with E-state index in [1.54, 1.807) is 6.33 Å². The van der Waals surface area contributed by atoms with Crippen LogP contribution in [0.4, 0.5) is 23.5 Å². The largest absolute Gasteiger partial charge is 0.337 e. The molecule has 1 fully saturated rings. The Morgan fingerprint density at radius 2 is 1.56 bits per heavy atom. The summed E-state index contributed by atoms with van der Waals surface area (Å²) in [5, 5.41) is 6.86. The molecule has 2 aliphatic heterocycles. The van der Waals surface area contributed by atoms with Crippen molar-refractivity contribution in [2.24, 2.45) is 0 Å². The van der Waals surface area contributed by atoms with Gasteiger partial charge >= 0.3 is 0 Å². The molecule has 2 aromatic heterocycles. The molecule has 1 saturated heterocycles. The maximum Gasteiger partial charge on any atom is 0.231 e. The zero-order chi connectivity index (χ0) is 28.8. The zero-order valence-corrected chi connectivity index (χ0v) is 24.1. The van der Waals surface area contributed by atoms with Gasteiger partial charge in [0.2, 0.25) is 17.8 Å². The predicted molar refractivity (Wildman–Crippen MR) is 170 cm³/mol. The first-order valence-electron chi connectivity index (χ1n) is 15.0. The van der Waals surface area contributed by atoms with E-state index in [4.69, 9.17) is 15.0 Å². The van der Waals surface area contributed by atoms with E-state index in [0.717, 1.165) is 69.2 Å². The van der Waals surface area contributed by atoms with Crippen LogP contribution in [-0.4, -0.2) is 57.1 Å². The number of aromatic nitrogens is 5. The first kappa shape index (κ1) is 27.0. The fraction of sp³-hybridized carbons (Fsp3) is 0.265. The van der Waals surface area contributed by atoms with E-state index in [0.29, 0.717) is 11.9 Å². The van der Waals surface area contributed by atoms with Crippen molar-refractivity contribution in [3.05, 3.63) is 125 Å². The van der Waals surface area contributed by atoms with Crippen molar-refractivity contribution in [1.29, 1.82) is 0 Å². The molecule has 5 aromatic rings. The Bertz CT molecular complexity index is 1640. The number of piperazine rings is 1. The molecule has 0 aliphatic carbocycles. The molecule has 2 N–H and O–H groups in total. The molecule has 1 atom stereocenters. The van der Waals surface area contributed by atoms with Gasteiger partial charge in [0.05, 0.1) is 6.04 Å². The molecule has 0 saturated carbocycles. The first-order chi connectivity index (χ1) is 21.3. The molecule has 216 valence electrons. The molecule has 2 aliphatic rings. The van der Waals surface area contributed by atoms with Gasteiger partial charge in [-0.2, -0.15) is 4.98 Å². The molecule has 7 rings (SSSR count). The van der Waals surface area contributed by atoms with Crippen LogP contribution in [0.25, 0.3) is 0 Å². The minimum absolute atomic E-state index is 0.133. The lowest BCUT2D eigenvalue weighted by Crippen LogP contribution is -2.55. The highest BCUT2D eigenvalue weighted by Gasteiger charge is 2.30. The second-order valence-electron chi connectivity index (χ2n) is 11.2. The Kier molecular flexibility index (Phi) is 7.87. The molecule has 0 amide bonds. The maximum atomic E-state index is 4.87. The molecule has 9 nitrogen and oxygen atoms in total. The maximum absolute atomic E-state index is 4.87. The molecular weight excluding hydrogens is 534 g/mol. The average Bonchev–Trinajstić information content (AvgIpc) is 3.06. The van der Waals surface area contributed by atoms with Crippen LogP contribution in [0, 0.1) is 0 Å². The molecule has 4 heterocycles. The highest BCUT2D eigenvalue weighted by molar-refractivity contribution is 5.57. The number of nitrogens with zero attached hydrogens (tertiary/aromatic N) is 7. The number of hydrogen-bond acceptors (Lipinski definition) is 9. The van der Waals surface area contributed by atoms with E-state index in [1.165, 1.54) is 22.3 Å². The van der Waals surface area contributed by atoms with E-state index in [-0.39, 0.29) is 6.04 Å². The lowest BCUT2D eigenvalue weighted by Gasteiger charge is -2.41. The summed E-state index contributed by atoms with van der Waals surface area (Å²) in [6.07, 6.45) is 8.25. The summed E-state index contributed by atoms with van der Waals surface area (Å²) in [6.45, 7) is 4.20. The molecule has 0 bridgehead atoms. The normalized spacial score (nSPS) is 16.5. The summed E-state index contributed by atoms with van der Waals surface area (Å²) in [5.74, 6) is 1.98. The van der Waals surface area contributed by atoms with E-state index in [1.807, 2.05) is 18.5 Å². The molecule has 9 heteroatoms. The number of nitrogens with one attached hydrogen (secondary N) is 2. The van der Waals surface area contributed by atoms with Crippen molar-refractivity contribution in [2.45, 2.75) is 31.8 Å². The second kappa shape index (κ2) is 12.5. The molecule has 1 unspecified atom stereocenters. The van der Waals surface area contributed by atoms with Crippen LogP contribution in [-0.2, 0) is 25.8 Å². The lowest BCUT2D eigenvalue weighted by molar-refractivity contribution is 0.502. The Balaban J connectivity index is 1.09. The van der Waals surface area contributed by atoms with Crippen LogP contribution in [0.5, 0.6) is 0 Å². The van der Waals surface area contributed by atoms with Gasteiger partial charge < -0.3 is 20.4 Å². The van der Waals surface area contributed by atoms with Gasteiger partial charge in [0, 0.05) is 50.7 Å². The van der Waals surface area contributed by atoms with Gasteiger partial charge in [-0.25, -0.2) is 19.9 Å². The van der Waals surface area contributed by atoms with E-state index in [2.05, 4.69) is 103 Å². The Labute approximate surface area is 252 Å². The van der Waals surface area contributed by atoms with Gasteiger partial charge in [-0.15, -0.1) is 0 Å². The van der Waals surface area contributed by atoms with E-state index < -0.39 is 0 Å². The predicted octanol–water partition coefficient (Wildman–Crippen LogP) is 4.58. The van der Waals surface area contributed by atoms with E-state index in [9.17, 15) is 0 Å². The van der Waals surface area contributed by atoms with Gasteiger partial charge in [0.25, 0.3) is 0 Å². The summed E-state index contributed by atoms with van der Waals surface area (Å²) in [5.41, 5.74) is 7.34. The SMILES string of the molecule is c1ccc(Cc2cnc(N3CCN(c4ncnc(Nc5ccc6c(c5)CNCC6)n4)C(Cc4ccccc4)C3)nc2)cc1. The molecule has 3 aromatic carbocycles. The fourth-order valence-electron chi connectivity index (χ4n) is 5.97. The van der Waals surface area contributed by atoms with Crippen LogP contribution >= 0.6 is 0 Å². The third-order valence-corrected chi connectivity index (χ3v) is 8.19. The van der Waals surface area contributed by atoms with Gasteiger partial charge in [-0.1, -0.05) is 66.7 Å². The average molecular weight is 570 g/mol. The Morgan fingerprint density at radius 3 is 2.37 bits per heavy atom. The van der Waals surface area contributed by atoms with Crippen molar-refractivity contribution in [1.82, 2.24) is 30.2 Å². The lowest BCUT2D eigenvalue weighted by atomic mass is 10.0. The standard InChI is InChI=1S/C34H35N9/c1-3-7-25(8-4-1)17-27-20-36-33(37-21-27)42-15-16-43(31(23-42)18-26-9-5-2-6-10-26)34-39-24-38-32(41-34)40-30-12-11-28-13-14-35-22-29(28)19-30/h1-12,19-21,24,31,35H,13-18,22-23H2,(H,38,39,40,41). The van der Waals surface area contributed by atoms with Crippen LogP contribution in [0.1, 0.15) is 27.8 Å². The summed E-state index contributed by atoms with van der Waals surface area (Å²) < 4.78 is 0. The monoisotopic (exact) mass is 569 g/mol. The highest BCUT2D eigenvalue weighted by Crippen LogP contribution is 2.25. The van der Waals surface area contributed by atoms with Crippen molar-refractivity contribution in [2.75, 3.05) is 41.3 Å². The third-order valence-electron chi connectivity index (χ3n) is 8.19. The number of hydrogen-bond donors (Lipinski definition) is 2. The summed E-state index contributed by atoms with van der Waals surface area (Å²) >= 11 is 0. The minimum Gasteiger partial charge on any atom is -0.337 e. The van der Waals surface area contributed by atoms with Crippen LogP contribution in [0.15, 0.2) is 97.6 Å². The smallest absolute Gasteiger partial charge is 0.231 e. The fourth-order valence-corrected chi connectivity index (χ4v) is 5.97. The summed E-state index contributed by atoms with van der Waals surface area (Å²) in [4.78, 5) is 28.1. The van der Waals surface area contributed by atoms with Crippen molar-refractivity contribution >= 4 is 23.5 Å². The van der Waals surface area contributed by atoms with Crippen molar-refractivity contribution < 1.29 is 0 Å². The molecule has 43 heavy (non-hydrogen) atoms. The van der Waals surface area contributed by atoms with Crippen LogP contribution < -0.4 is 20.4 Å². The minimum atomic E-state index is 0.133. The second-order valence-corrected chi connectivity index (χ2v) is 11.2. The highest BCUT2D eigenvalue weighted by atomic mass is 15.4. The van der Waals surface area contributed by atoms with Gasteiger partial charge in [-0.05, 0) is 59.3 Å². The Hall–Kier alpha value is -4.89. The van der Waals surface area contributed by atoms with Crippen molar-refractivity contribution in [3.8, 4) is 0 Å². The van der Waals surface area contributed by atoms with Gasteiger partial charge in [0.15, 0.2) is 0 Å². The van der Waals surface area contributed by atoms with Crippen LogP contribution in [0.3, 0.4) is 0 Å². The number of fused-ring (bicyclic) bond motifs is 1. The van der Waals surface area contributed by atoms with Crippen LogP contribution in [0.2, 0.25) is 0 Å². The third kappa shape index (κ3) is 6.47. The number of anilines is 4. The molecule has 0 spiro atoms. The number of benzene rings is 3. The summed E-state index contributed by atoms with van der Waals surface area (Å²) in [7, 11) is 0. The Morgan fingerprint density at radius 1 is 0.767 bits per heavy atom. The van der Waals surface area contributed by atoms with E-state index >= 15 is 0 Å². The first-order valence-corrected chi connectivity index (χ1v) is 15.0. The quantitative estimate of drug-likeness (QED) is 0.278. The van der Waals surface area contributed by atoms with Gasteiger partial charge in [0.1, 0.15) is 6.33 Å². The summed E-state index contributed by atoms with van der Waals surface area (Å²) in [6, 6.07) is 27.7. The van der Waals surface area contributed by atoms with Crippen molar-refractivity contribution in [3.63, 3.8) is 0 Å². The number of rotatable bonds is 8.